The second-order valence-corrected chi connectivity index (χ2v) is 7.29. The Balaban J connectivity index is 1.47. The molecule has 0 aliphatic heterocycles. The highest BCUT2D eigenvalue weighted by Gasteiger charge is 2.11. The lowest BCUT2D eigenvalue weighted by Crippen LogP contribution is -2.18. The topological polar surface area (TPSA) is 55.6 Å². The number of aromatic nitrogens is 1. The lowest BCUT2D eigenvalue weighted by Gasteiger charge is -2.08. The highest BCUT2D eigenvalue weighted by Crippen LogP contribution is 2.20. The zero-order chi connectivity index (χ0) is 21.8. The van der Waals surface area contributed by atoms with Gasteiger partial charge in [0.25, 0.3) is 5.91 Å². The number of benzene rings is 3. The minimum Gasteiger partial charge on any atom is -0.496 e. The maximum Gasteiger partial charge on any atom is 0.275 e. The van der Waals surface area contributed by atoms with Crippen molar-refractivity contribution in [3.05, 3.63) is 101 Å². The van der Waals surface area contributed by atoms with E-state index in [-0.39, 0.29) is 11.7 Å². The van der Waals surface area contributed by atoms with Crippen LogP contribution in [0.2, 0.25) is 0 Å². The Hall–Kier alpha value is -3.93. The van der Waals surface area contributed by atoms with Gasteiger partial charge in [-0.1, -0.05) is 24.3 Å². The van der Waals surface area contributed by atoms with Crippen molar-refractivity contribution in [2.24, 2.45) is 5.10 Å². The van der Waals surface area contributed by atoms with Gasteiger partial charge in [-0.3, -0.25) is 4.79 Å². The molecular formula is C25H22FN3O2. The summed E-state index contributed by atoms with van der Waals surface area (Å²) in [6.45, 7) is 2.52. The van der Waals surface area contributed by atoms with E-state index in [1.54, 1.807) is 30.5 Å². The van der Waals surface area contributed by atoms with E-state index in [2.05, 4.69) is 15.1 Å². The quantitative estimate of drug-likeness (QED) is 0.359. The van der Waals surface area contributed by atoms with Gasteiger partial charge in [-0.05, 0) is 66.1 Å². The van der Waals surface area contributed by atoms with Gasteiger partial charge in [0.15, 0.2) is 0 Å². The largest absolute Gasteiger partial charge is 0.496 e. The average Bonchev–Trinajstić information content (AvgIpc) is 3.15. The van der Waals surface area contributed by atoms with Crippen LogP contribution < -0.4 is 10.2 Å². The van der Waals surface area contributed by atoms with Crippen LogP contribution in [0.4, 0.5) is 4.39 Å². The molecule has 4 aromatic rings. The van der Waals surface area contributed by atoms with E-state index in [4.69, 9.17) is 4.74 Å². The van der Waals surface area contributed by atoms with E-state index in [0.29, 0.717) is 17.9 Å². The van der Waals surface area contributed by atoms with Gasteiger partial charge in [0.05, 0.1) is 18.9 Å². The van der Waals surface area contributed by atoms with Crippen molar-refractivity contribution in [2.75, 3.05) is 7.11 Å². The molecule has 0 aliphatic rings. The summed E-state index contributed by atoms with van der Waals surface area (Å²) in [7, 11) is 1.53. The molecule has 0 unspecified atom stereocenters. The van der Waals surface area contributed by atoms with Gasteiger partial charge >= 0.3 is 0 Å². The second-order valence-electron chi connectivity index (χ2n) is 7.29. The highest BCUT2D eigenvalue weighted by atomic mass is 19.1. The minimum atomic E-state index is -0.338. The monoisotopic (exact) mass is 415 g/mol. The van der Waals surface area contributed by atoms with E-state index in [1.807, 2.05) is 49.5 Å². The van der Waals surface area contributed by atoms with Crippen LogP contribution in [0.5, 0.6) is 5.75 Å². The first-order valence-electron chi connectivity index (χ1n) is 9.85. The van der Waals surface area contributed by atoms with Crippen LogP contribution in [0.15, 0.2) is 78.0 Å². The lowest BCUT2D eigenvalue weighted by atomic mass is 10.1. The minimum absolute atomic E-state index is 0.238. The van der Waals surface area contributed by atoms with Gasteiger partial charge in [0.1, 0.15) is 11.6 Å². The summed E-state index contributed by atoms with van der Waals surface area (Å²) in [6, 6.07) is 19.9. The number of halogens is 1. The van der Waals surface area contributed by atoms with Crippen molar-refractivity contribution in [1.82, 2.24) is 9.99 Å². The molecule has 6 heteroatoms. The van der Waals surface area contributed by atoms with Crippen molar-refractivity contribution < 1.29 is 13.9 Å². The lowest BCUT2D eigenvalue weighted by molar-refractivity contribution is 0.0952. The van der Waals surface area contributed by atoms with Crippen molar-refractivity contribution in [3.63, 3.8) is 0 Å². The third-order valence-corrected chi connectivity index (χ3v) is 5.02. The fraction of sp³-hybridized carbons (Fsp3) is 0.120. The van der Waals surface area contributed by atoms with E-state index in [1.165, 1.54) is 13.2 Å². The van der Waals surface area contributed by atoms with Gasteiger partial charge < -0.3 is 9.30 Å². The van der Waals surface area contributed by atoms with Crippen LogP contribution in [0.25, 0.3) is 10.9 Å². The summed E-state index contributed by atoms with van der Waals surface area (Å²) in [5.41, 5.74) is 6.77. The first-order chi connectivity index (χ1) is 15.0. The molecule has 0 fully saturated rings. The van der Waals surface area contributed by atoms with Crippen LogP contribution >= 0.6 is 0 Å². The van der Waals surface area contributed by atoms with E-state index < -0.39 is 0 Å². The number of rotatable bonds is 6. The zero-order valence-electron chi connectivity index (χ0n) is 17.3. The molecule has 0 radical (unpaired) electrons. The Bertz CT molecular complexity index is 1280. The van der Waals surface area contributed by atoms with Gasteiger partial charge in [-0.25, -0.2) is 9.82 Å². The molecule has 1 heterocycles. The van der Waals surface area contributed by atoms with Crippen molar-refractivity contribution in [2.45, 2.75) is 13.5 Å². The molecule has 1 aromatic heterocycles. The molecule has 5 nitrogen and oxygen atoms in total. The number of hydrogen-bond donors (Lipinski definition) is 1. The number of hydrazone groups is 1. The molecule has 31 heavy (non-hydrogen) atoms. The first kappa shape index (κ1) is 20.3. The molecular weight excluding hydrogens is 393 g/mol. The molecule has 1 N–H and O–H groups in total. The Morgan fingerprint density at radius 2 is 2.00 bits per heavy atom. The molecule has 156 valence electrons. The van der Waals surface area contributed by atoms with Crippen LogP contribution in [0.1, 0.15) is 27.0 Å². The van der Waals surface area contributed by atoms with E-state index >= 15 is 0 Å². The Morgan fingerprint density at radius 3 is 2.81 bits per heavy atom. The summed E-state index contributed by atoms with van der Waals surface area (Å²) in [4.78, 5) is 12.4. The second kappa shape index (κ2) is 8.83. The van der Waals surface area contributed by atoms with E-state index in [0.717, 1.165) is 27.6 Å². The summed E-state index contributed by atoms with van der Waals surface area (Å²) in [6.07, 6.45) is 3.57. The normalized spacial score (nSPS) is 11.2. The Labute approximate surface area is 179 Å². The predicted octanol–water partition coefficient (Wildman–Crippen LogP) is 4.91. The molecule has 0 spiro atoms. The number of nitrogens with zero attached hydrogens (tertiary/aromatic N) is 2. The number of ether oxygens (including phenoxy) is 1. The first-order valence-corrected chi connectivity index (χ1v) is 9.85. The summed E-state index contributed by atoms with van der Waals surface area (Å²) >= 11 is 0. The third-order valence-electron chi connectivity index (χ3n) is 5.02. The number of aryl methyl sites for hydroxylation is 1. The number of methoxy groups -OCH3 is 1. The zero-order valence-corrected chi connectivity index (χ0v) is 17.3. The van der Waals surface area contributed by atoms with Gasteiger partial charge in [0, 0.05) is 23.6 Å². The van der Waals surface area contributed by atoms with E-state index in [9.17, 15) is 9.18 Å². The maximum absolute atomic E-state index is 13.4. The molecule has 3 aromatic carbocycles. The molecule has 0 saturated carbocycles. The van der Waals surface area contributed by atoms with Crippen molar-refractivity contribution >= 4 is 23.0 Å². The van der Waals surface area contributed by atoms with Gasteiger partial charge in [-0.15, -0.1) is 0 Å². The molecule has 0 atom stereocenters. The smallest absolute Gasteiger partial charge is 0.275 e. The van der Waals surface area contributed by atoms with Crippen LogP contribution in [0.3, 0.4) is 0 Å². The molecule has 4 rings (SSSR count). The molecule has 0 bridgehead atoms. The number of carbonyl (C=O) groups is 1. The van der Waals surface area contributed by atoms with Gasteiger partial charge in [0.2, 0.25) is 0 Å². The Morgan fingerprint density at radius 1 is 1.13 bits per heavy atom. The fourth-order valence-electron chi connectivity index (χ4n) is 3.48. The summed E-state index contributed by atoms with van der Waals surface area (Å²) < 4.78 is 20.8. The SMILES string of the molecule is COc1cc(C)ccc1C(=O)N/N=C/c1ccc2c(ccn2Cc2cccc(F)c2)c1. The Kier molecular flexibility index (Phi) is 5.80. The van der Waals surface area contributed by atoms with Gasteiger partial charge in [-0.2, -0.15) is 5.10 Å². The number of fused-ring (bicyclic) bond motifs is 1. The molecule has 1 amide bonds. The fourth-order valence-corrected chi connectivity index (χ4v) is 3.48. The van der Waals surface area contributed by atoms with Crippen LogP contribution in [-0.2, 0) is 6.54 Å². The third kappa shape index (κ3) is 4.64. The van der Waals surface area contributed by atoms with Crippen molar-refractivity contribution in [3.8, 4) is 5.75 Å². The number of nitrogens with one attached hydrogen (secondary N) is 1. The summed E-state index contributed by atoms with van der Waals surface area (Å²) in [5.74, 6) is -0.0676. The number of carbonyl (C=O) groups excluding carboxylic acids is 1. The summed E-state index contributed by atoms with van der Waals surface area (Å²) in [5, 5.41) is 5.11. The number of hydrogen-bond acceptors (Lipinski definition) is 3. The standard InChI is InChI=1S/C25H22FN3O2/c1-17-6-8-22(24(12-17)31-2)25(30)28-27-15-18-7-9-23-20(13-18)10-11-29(23)16-19-4-3-5-21(26)14-19/h3-15H,16H2,1-2H3,(H,28,30)/b27-15+. The molecule has 0 aliphatic carbocycles. The van der Waals surface area contributed by atoms with Crippen LogP contribution in [-0.4, -0.2) is 23.8 Å². The average molecular weight is 415 g/mol. The van der Waals surface area contributed by atoms with Crippen molar-refractivity contribution in [1.29, 1.82) is 0 Å². The maximum atomic E-state index is 13.4. The number of amides is 1. The highest BCUT2D eigenvalue weighted by molar-refractivity contribution is 5.97. The molecule has 0 saturated heterocycles. The van der Waals surface area contributed by atoms with Crippen LogP contribution in [0, 0.1) is 12.7 Å². The predicted molar refractivity (Wildman–Crippen MR) is 120 cm³/mol.